The number of aliphatic hydroxyl groups is 1. The molecule has 2 rings (SSSR count). The Morgan fingerprint density at radius 2 is 2.53 bits per heavy atom. The topological polar surface area (TPSA) is 73.7 Å². The normalized spacial score (nSPS) is 27.0. The Bertz CT molecular complexity index is 341. The van der Waals surface area contributed by atoms with Crippen LogP contribution in [0.2, 0.25) is 0 Å². The van der Waals surface area contributed by atoms with Gasteiger partial charge in [-0.25, -0.2) is 0 Å². The van der Waals surface area contributed by atoms with Gasteiger partial charge in [0, 0.05) is 30.6 Å². The van der Waals surface area contributed by atoms with Gasteiger partial charge in [-0.3, -0.25) is 14.7 Å². The van der Waals surface area contributed by atoms with Gasteiger partial charge in [0.25, 0.3) is 0 Å². The minimum Gasteiger partial charge on any atom is -0.480 e. The number of aliphatic hydroxyl groups excluding tert-OH is 1. The van der Waals surface area contributed by atoms with E-state index in [-0.39, 0.29) is 0 Å². The van der Waals surface area contributed by atoms with E-state index in [1.807, 2.05) is 0 Å². The molecule has 0 aromatic carbocycles. The van der Waals surface area contributed by atoms with Gasteiger partial charge < -0.3 is 10.2 Å². The fourth-order valence-electron chi connectivity index (χ4n) is 1.83. The van der Waals surface area contributed by atoms with Crippen LogP contribution in [0, 0.1) is 0 Å². The molecule has 1 aliphatic heterocycles. The minimum atomic E-state index is -0.865. The number of aliphatic carboxylic acids is 1. The van der Waals surface area contributed by atoms with Crippen LogP contribution in [-0.4, -0.2) is 44.8 Å². The van der Waals surface area contributed by atoms with Crippen molar-refractivity contribution in [1.82, 2.24) is 9.88 Å². The SMILES string of the molecule is O=C(O)C1CC(O)CN1Cc1cncs1. The monoisotopic (exact) mass is 228 g/mol. The Morgan fingerprint density at radius 3 is 3.13 bits per heavy atom. The molecule has 1 aromatic rings. The van der Waals surface area contributed by atoms with E-state index < -0.39 is 18.1 Å². The minimum absolute atomic E-state index is 0.314. The first-order valence-electron chi connectivity index (χ1n) is 4.69. The molecule has 0 spiro atoms. The summed E-state index contributed by atoms with van der Waals surface area (Å²) in [5, 5.41) is 18.4. The van der Waals surface area contributed by atoms with Crippen molar-refractivity contribution in [2.75, 3.05) is 6.54 Å². The van der Waals surface area contributed by atoms with E-state index in [1.54, 1.807) is 16.6 Å². The third-order valence-electron chi connectivity index (χ3n) is 2.51. The highest BCUT2D eigenvalue weighted by Crippen LogP contribution is 2.21. The number of carbonyl (C=O) groups is 1. The lowest BCUT2D eigenvalue weighted by Gasteiger charge is -2.19. The Labute approximate surface area is 91.0 Å². The molecule has 0 amide bonds. The fraction of sp³-hybridized carbons (Fsp3) is 0.556. The maximum absolute atomic E-state index is 10.9. The molecule has 1 aromatic heterocycles. The van der Waals surface area contributed by atoms with Crippen molar-refractivity contribution < 1.29 is 15.0 Å². The maximum Gasteiger partial charge on any atom is 0.321 e. The smallest absolute Gasteiger partial charge is 0.321 e. The Kier molecular flexibility index (Phi) is 2.99. The van der Waals surface area contributed by atoms with E-state index in [9.17, 15) is 9.90 Å². The van der Waals surface area contributed by atoms with E-state index in [2.05, 4.69) is 4.98 Å². The summed E-state index contributed by atoms with van der Waals surface area (Å²) >= 11 is 1.50. The molecule has 0 bridgehead atoms. The maximum atomic E-state index is 10.9. The summed E-state index contributed by atoms with van der Waals surface area (Å²) in [5.41, 5.74) is 1.72. The highest BCUT2D eigenvalue weighted by molar-refractivity contribution is 7.09. The van der Waals surface area contributed by atoms with Crippen molar-refractivity contribution in [2.45, 2.75) is 25.1 Å². The Hall–Kier alpha value is -0.980. The van der Waals surface area contributed by atoms with Crippen LogP contribution in [0.3, 0.4) is 0 Å². The standard InChI is InChI=1S/C9H12N2O3S/c12-6-1-8(9(13)14)11(3-6)4-7-2-10-5-15-7/h2,5-6,8,12H,1,3-4H2,(H,13,14). The zero-order valence-electron chi connectivity index (χ0n) is 8.04. The number of rotatable bonds is 3. The van der Waals surface area contributed by atoms with Crippen LogP contribution in [0.25, 0.3) is 0 Å². The second-order valence-corrected chi connectivity index (χ2v) is 4.61. The molecular weight excluding hydrogens is 216 g/mol. The lowest BCUT2D eigenvalue weighted by atomic mass is 10.2. The molecule has 2 atom stereocenters. The van der Waals surface area contributed by atoms with Gasteiger partial charge in [0.15, 0.2) is 0 Å². The average Bonchev–Trinajstić information content (AvgIpc) is 2.75. The molecule has 0 saturated carbocycles. The van der Waals surface area contributed by atoms with Crippen molar-refractivity contribution in [3.63, 3.8) is 0 Å². The summed E-state index contributed by atoms with van der Waals surface area (Å²) in [5.74, 6) is -0.865. The summed E-state index contributed by atoms with van der Waals surface area (Å²) in [7, 11) is 0. The van der Waals surface area contributed by atoms with Crippen LogP contribution in [0.15, 0.2) is 11.7 Å². The first-order valence-corrected chi connectivity index (χ1v) is 5.57. The summed E-state index contributed by atoms with van der Waals surface area (Å²) < 4.78 is 0. The summed E-state index contributed by atoms with van der Waals surface area (Å²) in [6.45, 7) is 0.980. The zero-order chi connectivity index (χ0) is 10.8. The second kappa shape index (κ2) is 4.26. The number of likely N-dealkylation sites (tertiary alicyclic amines) is 1. The van der Waals surface area contributed by atoms with Crippen LogP contribution >= 0.6 is 11.3 Å². The average molecular weight is 228 g/mol. The van der Waals surface area contributed by atoms with Gasteiger partial charge in [-0.1, -0.05) is 0 Å². The molecule has 2 heterocycles. The van der Waals surface area contributed by atoms with Crippen molar-refractivity contribution in [3.8, 4) is 0 Å². The predicted molar refractivity (Wildman–Crippen MR) is 54.6 cm³/mol. The largest absolute Gasteiger partial charge is 0.480 e. The molecule has 0 radical (unpaired) electrons. The third kappa shape index (κ3) is 2.34. The lowest BCUT2D eigenvalue weighted by molar-refractivity contribution is -0.142. The molecule has 82 valence electrons. The molecular formula is C9H12N2O3S. The molecule has 1 fully saturated rings. The number of hydrogen-bond donors (Lipinski definition) is 2. The van der Waals surface area contributed by atoms with E-state index in [0.717, 1.165) is 4.88 Å². The number of aromatic nitrogens is 1. The van der Waals surface area contributed by atoms with Gasteiger partial charge in [-0.15, -0.1) is 11.3 Å². The molecule has 2 N–H and O–H groups in total. The van der Waals surface area contributed by atoms with Crippen LogP contribution in [-0.2, 0) is 11.3 Å². The highest BCUT2D eigenvalue weighted by atomic mass is 32.1. The van der Waals surface area contributed by atoms with E-state index >= 15 is 0 Å². The van der Waals surface area contributed by atoms with Crippen LogP contribution in [0.5, 0.6) is 0 Å². The van der Waals surface area contributed by atoms with E-state index in [4.69, 9.17) is 5.11 Å². The number of carboxylic acid groups (broad SMARTS) is 1. The summed E-state index contributed by atoms with van der Waals surface area (Å²) in [6.07, 6.45) is 1.52. The van der Waals surface area contributed by atoms with E-state index in [0.29, 0.717) is 19.5 Å². The number of β-amino-alcohol motifs (C(OH)–C–C–N with tert-alkyl or cyclic N) is 1. The fourth-order valence-corrected chi connectivity index (χ4v) is 2.45. The molecule has 2 unspecified atom stereocenters. The lowest BCUT2D eigenvalue weighted by Crippen LogP contribution is -2.35. The van der Waals surface area contributed by atoms with Gasteiger partial charge >= 0.3 is 5.97 Å². The van der Waals surface area contributed by atoms with Gasteiger partial charge in [-0.2, -0.15) is 0 Å². The van der Waals surface area contributed by atoms with Crippen LogP contribution in [0.4, 0.5) is 0 Å². The van der Waals surface area contributed by atoms with Crippen molar-refractivity contribution in [2.24, 2.45) is 0 Å². The van der Waals surface area contributed by atoms with Crippen molar-refractivity contribution >= 4 is 17.3 Å². The first kappa shape index (κ1) is 10.5. The van der Waals surface area contributed by atoms with Crippen molar-refractivity contribution in [3.05, 3.63) is 16.6 Å². The third-order valence-corrected chi connectivity index (χ3v) is 3.27. The summed E-state index contributed by atoms with van der Waals surface area (Å²) in [4.78, 5) is 17.7. The molecule has 5 nitrogen and oxygen atoms in total. The van der Waals surface area contributed by atoms with Crippen molar-refractivity contribution in [1.29, 1.82) is 0 Å². The molecule has 6 heteroatoms. The van der Waals surface area contributed by atoms with Gasteiger partial charge in [0.05, 0.1) is 11.6 Å². The van der Waals surface area contributed by atoms with Gasteiger partial charge in [0.1, 0.15) is 6.04 Å². The number of hydrogen-bond acceptors (Lipinski definition) is 5. The highest BCUT2D eigenvalue weighted by Gasteiger charge is 2.35. The quantitative estimate of drug-likeness (QED) is 0.771. The Morgan fingerprint density at radius 1 is 1.73 bits per heavy atom. The summed E-state index contributed by atoms with van der Waals surface area (Å²) in [6, 6.07) is -0.568. The molecule has 1 aliphatic rings. The Balaban J connectivity index is 2.04. The molecule has 0 aliphatic carbocycles. The van der Waals surface area contributed by atoms with Gasteiger partial charge in [0.2, 0.25) is 0 Å². The zero-order valence-corrected chi connectivity index (χ0v) is 8.85. The first-order chi connectivity index (χ1) is 7.16. The van der Waals surface area contributed by atoms with Gasteiger partial charge in [-0.05, 0) is 0 Å². The molecule has 1 saturated heterocycles. The van der Waals surface area contributed by atoms with Crippen LogP contribution < -0.4 is 0 Å². The van der Waals surface area contributed by atoms with E-state index in [1.165, 1.54) is 11.3 Å². The number of nitrogens with zero attached hydrogens (tertiary/aromatic N) is 2. The predicted octanol–water partition coefficient (Wildman–Crippen LogP) is 0.163. The van der Waals surface area contributed by atoms with Crippen LogP contribution in [0.1, 0.15) is 11.3 Å². The second-order valence-electron chi connectivity index (χ2n) is 3.64. The number of thiazole rings is 1. The molecule has 15 heavy (non-hydrogen) atoms. The number of carboxylic acids is 1.